The highest BCUT2D eigenvalue weighted by Gasteiger charge is 2.42. The van der Waals surface area contributed by atoms with Gasteiger partial charge in [0.05, 0.1) is 16.6 Å². The van der Waals surface area contributed by atoms with Crippen LogP contribution in [-0.2, 0) is 0 Å². The zero-order chi connectivity index (χ0) is 18.7. The first-order valence-corrected chi connectivity index (χ1v) is 10.7. The topological polar surface area (TPSA) is 43.3 Å². The van der Waals surface area contributed by atoms with Gasteiger partial charge >= 0.3 is 0 Å². The van der Waals surface area contributed by atoms with Crippen LogP contribution in [0.2, 0.25) is 0 Å². The zero-order valence-corrected chi connectivity index (χ0v) is 17.1. The minimum atomic E-state index is -0.346. The Morgan fingerprint density at radius 1 is 1.00 bits per heavy atom. The number of hydrazone groups is 1. The highest BCUT2D eigenvalue weighted by atomic mass is 79.9. The Kier molecular flexibility index (Phi) is 3.67. The monoisotopic (exact) mass is 454 g/mol. The maximum absolute atomic E-state index is 6.43. The minimum Gasteiger partial charge on any atom is -0.464 e. The smallest absolute Gasteiger partial charge is 0.231 e. The van der Waals surface area contributed by atoms with Crippen LogP contribution in [0.5, 0.6) is 17.2 Å². The minimum absolute atomic E-state index is 0.143. The van der Waals surface area contributed by atoms with Crippen LogP contribution in [0.15, 0.2) is 63.5 Å². The van der Waals surface area contributed by atoms with Crippen LogP contribution < -0.4 is 14.2 Å². The molecule has 0 fully saturated rings. The number of para-hydroxylation sites is 1. The zero-order valence-electron chi connectivity index (χ0n) is 14.7. The first-order chi connectivity index (χ1) is 13.8. The van der Waals surface area contributed by atoms with E-state index in [-0.39, 0.29) is 19.1 Å². The number of hydrogen-bond donors (Lipinski definition) is 0. The van der Waals surface area contributed by atoms with Gasteiger partial charge in [0, 0.05) is 22.0 Å². The fourth-order valence-corrected chi connectivity index (χ4v) is 5.19. The van der Waals surface area contributed by atoms with Crippen molar-refractivity contribution in [2.24, 2.45) is 5.10 Å². The van der Waals surface area contributed by atoms with Crippen LogP contribution in [0, 0.1) is 0 Å². The lowest BCUT2D eigenvalue weighted by Gasteiger charge is -2.38. The maximum Gasteiger partial charge on any atom is 0.231 e. The highest BCUT2D eigenvalue weighted by molar-refractivity contribution is 9.10. The number of benzene rings is 2. The number of fused-ring (bicyclic) bond motifs is 4. The summed E-state index contributed by atoms with van der Waals surface area (Å²) >= 11 is 5.41. The van der Waals surface area contributed by atoms with Gasteiger partial charge in [-0.25, -0.2) is 5.01 Å². The Balaban J connectivity index is 1.48. The quantitative estimate of drug-likeness (QED) is 0.513. The summed E-state index contributed by atoms with van der Waals surface area (Å²) in [5, 5.41) is 9.16. The molecule has 3 aliphatic heterocycles. The molecule has 0 saturated heterocycles. The molecule has 3 aromatic rings. The molecule has 0 bridgehead atoms. The number of hydrogen-bond acceptors (Lipinski definition) is 6. The van der Waals surface area contributed by atoms with Crippen molar-refractivity contribution < 1.29 is 14.2 Å². The largest absolute Gasteiger partial charge is 0.464 e. The van der Waals surface area contributed by atoms with Gasteiger partial charge in [-0.3, -0.25) is 0 Å². The van der Waals surface area contributed by atoms with Crippen LogP contribution in [0.25, 0.3) is 0 Å². The molecular formula is C21H15BrN2O3S. The average Bonchev–Trinajstić information content (AvgIpc) is 3.45. The second kappa shape index (κ2) is 6.25. The second-order valence-electron chi connectivity index (χ2n) is 6.86. The fraction of sp³-hybridized carbons (Fsp3) is 0.190. The van der Waals surface area contributed by atoms with Gasteiger partial charge in [0.1, 0.15) is 5.75 Å². The molecule has 0 radical (unpaired) electrons. The first kappa shape index (κ1) is 16.4. The van der Waals surface area contributed by atoms with E-state index in [2.05, 4.69) is 50.6 Å². The molecule has 0 saturated carbocycles. The molecule has 1 aromatic heterocycles. The molecule has 0 aliphatic carbocycles. The predicted octanol–water partition coefficient (Wildman–Crippen LogP) is 5.48. The van der Waals surface area contributed by atoms with E-state index in [4.69, 9.17) is 19.3 Å². The van der Waals surface area contributed by atoms with E-state index in [0.29, 0.717) is 0 Å². The van der Waals surface area contributed by atoms with Gasteiger partial charge in [-0.15, -0.1) is 11.3 Å². The third-order valence-corrected chi connectivity index (χ3v) is 6.87. The van der Waals surface area contributed by atoms with Gasteiger partial charge < -0.3 is 14.2 Å². The van der Waals surface area contributed by atoms with Crippen LogP contribution in [0.4, 0.5) is 0 Å². The van der Waals surface area contributed by atoms with E-state index in [1.165, 1.54) is 10.4 Å². The van der Waals surface area contributed by atoms with Gasteiger partial charge in [0.2, 0.25) is 13.0 Å². The number of ether oxygens (including phenoxy) is 3. The van der Waals surface area contributed by atoms with E-state index in [0.717, 1.165) is 39.4 Å². The van der Waals surface area contributed by atoms with E-state index in [1.807, 2.05) is 24.3 Å². The summed E-state index contributed by atoms with van der Waals surface area (Å²) in [7, 11) is 0. The lowest BCUT2D eigenvalue weighted by atomic mass is 9.97. The van der Waals surface area contributed by atoms with Gasteiger partial charge in [0.15, 0.2) is 11.5 Å². The molecule has 5 nitrogen and oxygen atoms in total. The number of thiophene rings is 1. The Morgan fingerprint density at radius 2 is 1.86 bits per heavy atom. The second-order valence-corrected chi connectivity index (χ2v) is 8.66. The molecule has 3 aliphatic rings. The van der Waals surface area contributed by atoms with E-state index < -0.39 is 0 Å². The SMILES string of the molecule is Brc1cc2c(cc1C1Oc3ccccc3C3CC(c4cccs4)=NN31)OCO2. The highest BCUT2D eigenvalue weighted by Crippen LogP contribution is 2.50. The predicted molar refractivity (Wildman–Crippen MR) is 110 cm³/mol. The molecule has 0 spiro atoms. The van der Waals surface area contributed by atoms with Crippen molar-refractivity contribution in [2.75, 3.05) is 6.79 Å². The van der Waals surface area contributed by atoms with Crippen molar-refractivity contribution in [3.8, 4) is 17.2 Å². The molecular weight excluding hydrogens is 440 g/mol. The Morgan fingerprint density at radius 3 is 2.71 bits per heavy atom. The molecule has 140 valence electrons. The number of rotatable bonds is 2. The van der Waals surface area contributed by atoms with Gasteiger partial charge in [-0.1, -0.05) is 40.2 Å². The molecule has 0 amide bonds. The Hall–Kier alpha value is -2.51. The molecule has 28 heavy (non-hydrogen) atoms. The van der Waals surface area contributed by atoms with E-state index >= 15 is 0 Å². The van der Waals surface area contributed by atoms with Crippen LogP contribution in [0.3, 0.4) is 0 Å². The first-order valence-electron chi connectivity index (χ1n) is 9.02. The number of nitrogens with zero attached hydrogens (tertiary/aromatic N) is 2. The van der Waals surface area contributed by atoms with Gasteiger partial charge in [-0.05, 0) is 29.6 Å². The summed E-state index contributed by atoms with van der Waals surface area (Å²) in [4.78, 5) is 1.20. The summed E-state index contributed by atoms with van der Waals surface area (Å²) < 4.78 is 18.4. The van der Waals surface area contributed by atoms with Crippen molar-refractivity contribution in [2.45, 2.75) is 18.7 Å². The average molecular weight is 455 g/mol. The summed E-state index contributed by atoms with van der Waals surface area (Å²) in [6, 6.07) is 16.5. The van der Waals surface area contributed by atoms with Crippen LogP contribution in [0.1, 0.15) is 34.7 Å². The van der Waals surface area contributed by atoms with Crippen molar-refractivity contribution >= 4 is 33.0 Å². The third-order valence-electron chi connectivity index (χ3n) is 5.26. The van der Waals surface area contributed by atoms with Gasteiger partial charge in [-0.2, -0.15) is 5.10 Å². The summed E-state index contributed by atoms with van der Waals surface area (Å²) in [5.41, 5.74) is 3.24. The fourth-order valence-electron chi connectivity index (χ4n) is 3.95. The molecule has 2 unspecified atom stereocenters. The van der Waals surface area contributed by atoms with Crippen LogP contribution >= 0.6 is 27.3 Å². The maximum atomic E-state index is 6.43. The molecule has 0 N–H and O–H groups in total. The lowest BCUT2D eigenvalue weighted by molar-refractivity contribution is -0.0195. The Bertz CT molecular complexity index is 1100. The third kappa shape index (κ3) is 2.46. The summed E-state index contributed by atoms with van der Waals surface area (Å²) in [5.74, 6) is 2.38. The molecule has 4 heterocycles. The molecule has 2 atom stereocenters. The Labute approximate surface area is 174 Å². The van der Waals surface area contributed by atoms with Gasteiger partial charge in [0.25, 0.3) is 0 Å². The van der Waals surface area contributed by atoms with Crippen molar-refractivity contribution in [3.63, 3.8) is 0 Å². The summed E-state index contributed by atoms with van der Waals surface area (Å²) in [6.45, 7) is 0.243. The van der Waals surface area contributed by atoms with E-state index in [9.17, 15) is 0 Å². The normalized spacial score (nSPS) is 21.8. The number of halogens is 1. The van der Waals surface area contributed by atoms with Crippen molar-refractivity contribution in [3.05, 3.63) is 74.4 Å². The van der Waals surface area contributed by atoms with Crippen molar-refractivity contribution in [1.29, 1.82) is 0 Å². The molecule has 6 rings (SSSR count). The standard InChI is InChI=1S/C21H15BrN2O3S/c22-14-9-19-18(25-11-26-19)8-13(14)21-24-16(12-4-1-2-5-17(12)27-21)10-15(23-24)20-6-3-7-28-20/h1-9,16,21H,10-11H2. The lowest BCUT2D eigenvalue weighted by Crippen LogP contribution is -2.33. The molecule has 7 heteroatoms. The molecule has 2 aromatic carbocycles. The van der Waals surface area contributed by atoms with E-state index in [1.54, 1.807) is 11.3 Å². The van der Waals surface area contributed by atoms with Crippen LogP contribution in [-0.4, -0.2) is 17.5 Å². The summed E-state index contributed by atoms with van der Waals surface area (Å²) in [6.07, 6.45) is 0.515. The van der Waals surface area contributed by atoms with Crippen molar-refractivity contribution in [1.82, 2.24) is 5.01 Å².